The first-order chi connectivity index (χ1) is 13.0. The number of fused-ring (bicyclic) bond motifs is 1. The van der Waals surface area contributed by atoms with Crippen LogP contribution in [0.5, 0.6) is 0 Å². The molecule has 0 unspecified atom stereocenters. The zero-order valence-corrected chi connectivity index (χ0v) is 16.8. The van der Waals surface area contributed by atoms with Crippen LogP contribution in [0.4, 0.5) is 4.39 Å². The van der Waals surface area contributed by atoms with Gasteiger partial charge in [-0.3, -0.25) is 4.79 Å². The number of halogens is 2. The summed E-state index contributed by atoms with van der Waals surface area (Å²) < 4.78 is 15.3. The lowest BCUT2D eigenvalue weighted by molar-refractivity contribution is -0.121. The molecule has 1 atom stereocenters. The molecule has 1 N–H and O–H groups in total. The summed E-state index contributed by atoms with van der Waals surface area (Å²) in [6, 6.07) is 12.2. The maximum atomic E-state index is 14.2. The summed E-state index contributed by atoms with van der Waals surface area (Å²) in [6.07, 6.45) is 0.920. The Bertz CT molecular complexity index is 891. The highest BCUT2D eigenvalue weighted by molar-refractivity contribution is 7.18. The molecule has 3 aromatic rings. The Morgan fingerprint density at radius 3 is 2.74 bits per heavy atom. The molecule has 0 radical (unpaired) electrons. The third-order valence-electron chi connectivity index (χ3n) is 4.35. The Balaban J connectivity index is 1.59. The molecular formula is C20H21ClFN3OS. The molecule has 0 aliphatic heterocycles. The van der Waals surface area contributed by atoms with E-state index in [0.29, 0.717) is 23.4 Å². The number of likely N-dealkylation sites (N-methyl/N-ethyl adjacent to an activating group) is 1. The van der Waals surface area contributed by atoms with Crippen LogP contribution in [0.1, 0.15) is 23.0 Å². The van der Waals surface area contributed by atoms with E-state index in [-0.39, 0.29) is 24.3 Å². The van der Waals surface area contributed by atoms with E-state index in [9.17, 15) is 9.18 Å². The Labute approximate surface area is 167 Å². The van der Waals surface area contributed by atoms with Crippen molar-refractivity contribution in [3.63, 3.8) is 0 Å². The van der Waals surface area contributed by atoms with Crippen LogP contribution in [0, 0.1) is 5.82 Å². The molecule has 142 valence electrons. The van der Waals surface area contributed by atoms with Gasteiger partial charge in [0, 0.05) is 30.0 Å². The second-order valence-electron chi connectivity index (χ2n) is 6.49. The lowest BCUT2D eigenvalue weighted by atomic mass is 10.0. The fourth-order valence-corrected chi connectivity index (χ4v) is 4.17. The molecule has 1 amide bonds. The van der Waals surface area contributed by atoms with Gasteiger partial charge in [0.25, 0.3) is 0 Å². The highest BCUT2D eigenvalue weighted by Crippen LogP contribution is 2.28. The van der Waals surface area contributed by atoms with Gasteiger partial charge in [0.15, 0.2) is 0 Å². The van der Waals surface area contributed by atoms with Crippen molar-refractivity contribution < 1.29 is 9.18 Å². The van der Waals surface area contributed by atoms with Crippen molar-refractivity contribution in [1.29, 1.82) is 0 Å². The van der Waals surface area contributed by atoms with Gasteiger partial charge < -0.3 is 10.2 Å². The highest BCUT2D eigenvalue weighted by Gasteiger charge is 2.21. The summed E-state index contributed by atoms with van der Waals surface area (Å²) in [6.45, 7) is 0.284. The maximum absolute atomic E-state index is 14.2. The first kappa shape index (κ1) is 19.7. The van der Waals surface area contributed by atoms with E-state index in [2.05, 4.69) is 10.3 Å². The largest absolute Gasteiger partial charge is 0.354 e. The molecule has 27 heavy (non-hydrogen) atoms. The van der Waals surface area contributed by atoms with Gasteiger partial charge in [-0.15, -0.1) is 11.3 Å². The average Bonchev–Trinajstić information content (AvgIpc) is 3.05. The summed E-state index contributed by atoms with van der Waals surface area (Å²) in [5.74, 6) is -0.460. The first-order valence-electron chi connectivity index (χ1n) is 8.67. The normalized spacial score (nSPS) is 12.5. The van der Waals surface area contributed by atoms with Crippen molar-refractivity contribution >= 4 is 39.1 Å². The number of amides is 1. The maximum Gasteiger partial charge on any atom is 0.220 e. The highest BCUT2D eigenvalue weighted by atomic mass is 35.5. The Hall–Kier alpha value is -2.02. The van der Waals surface area contributed by atoms with Crippen molar-refractivity contribution in [2.45, 2.75) is 18.9 Å². The quantitative estimate of drug-likeness (QED) is 0.632. The minimum absolute atomic E-state index is 0.0893. The third-order valence-corrected chi connectivity index (χ3v) is 5.78. The number of benzene rings is 2. The number of carbonyl (C=O) groups excluding carboxylic acids is 1. The van der Waals surface area contributed by atoms with Crippen molar-refractivity contribution in [3.8, 4) is 0 Å². The van der Waals surface area contributed by atoms with E-state index in [1.807, 2.05) is 43.3 Å². The fraction of sp³-hybridized carbons (Fsp3) is 0.300. The molecule has 1 aromatic heterocycles. The second-order valence-corrected chi connectivity index (χ2v) is 8.02. The number of para-hydroxylation sites is 1. The summed E-state index contributed by atoms with van der Waals surface area (Å²) in [7, 11) is 3.67. The zero-order valence-electron chi connectivity index (χ0n) is 15.2. The number of nitrogens with zero attached hydrogens (tertiary/aromatic N) is 2. The van der Waals surface area contributed by atoms with E-state index < -0.39 is 0 Å². The molecule has 0 aliphatic rings. The minimum Gasteiger partial charge on any atom is -0.354 e. The molecular weight excluding hydrogens is 385 g/mol. The fourth-order valence-electron chi connectivity index (χ4n) is 2.92. The van der Waals surface area contributed by atoms with Crippen molar-refractivity contribution in [2.75, 3.05) is 20.6 Å². The first-order valence-corrected chi connectivity index (χ1v) is 9.86. The van der Waals surface area contributed by atoms with Crippen LogP contribution in [0.2, 0.25) is 5.02 Å². The number of aryl methyl sites for hydroxylation is 1. The van der Waals surface area contributed by atoms with Gasteiger partial charge in [0.2, 0.25) is 5.91 Å². The molecule has 2 aromatic carbocycles. The van der Waals surface area contributed by atoms with Gasteiger partial charge in [0.05, 0.1) is 21.3 Å². The molecule has 0 saturated heterocycles. The van der Waals surface area contributed by atoms with E-state index in [0.717, 1.165) is 15.2 Å². The van der Waals surface area contributed by atoms with Crippen LogP contribution in [0.25, 0.3) is 10.2 Å². The van der Waals surface area contributed by atoms with Gasteiger partial charge in [-0.25, -0.2) is 9.37 Å². The molecule has 0 spiro atoms. The van der Waals surface area contributed by atoms with Gasteiger partial charge in [-0.2, -0.15) is 0 Å². The number of rotatable bonds is 7. The van der Waals surface area contributed by atoms with Crippen molar-refractivity contribution in [1.82, 2.24) is 15.2 Å². The smallest absolute Gasteiger partial charge is 0.220 e. The number of nitrogens with one attached hydrogen (secondary N) is 1. The topological polar surface area (TPSA) is 45.2 Å². The predicted molar refractivity (Wildman–Crippen MR) is 109 cm³/mol. The van der Waals surface area contributed by atoms with Gasteiger partial charge >= 0.3 is 0 Å². The van der Waals surface area contributed by atoms with Gasteiger partial charge in [-0.1, -0.05) is 29.8 Å². The predicted octanol–water partition coefficient (Wildman–Crippen LogP) is 4.44. The van der Waals surface area contributed by atoms with E-state index in [1.54, 1.807) is 23.5 Å². The average molecular weight is 406 g/mol. The van der Waals surface area contributed by atoms with Crippen LogP contribution in [0.3, 0.4) is 0 Å². The SMILES string of the molecule is CN(C)[C@@H](CNC(=O)CCc1nc2ccccc2s1)c1c(F)cccc1Cl. The lowest BCUT2D eigenvalue weighted by Crippen LogP contribution is -2.35. The third kappa shape index (κ3) is 4.83. The Morgan fingerprint density at radius 1 is 1.26 bits per heavy atom. The van der Waals surface area contributed by atoms with E-state index >= 15 is 0 Å². The summed E-state index contributed by atoms with van der Waals surface area (Å²) in [5, 5.41) is 4.19. The Kier molecular flexibility index (Phi) is 6.42. The standard InChI is InChI=1S/C20H21ClFN3OS/c1-25(2)16(20-13(21)6-5-7-14(20)22)12-23-18(26)10-11-19-24-15-8-3-4-9-17(15)27-19/h3-9,16H,10-12H2,1-2H3,(H,23,26)/t16-/m0/s1. The summed E-state index contributed by atoms with van der Waals surface area (Å²) in [4.78, 5) is 18.7. The zero-order chi connectivity index (χ0) is 19.4. The van der Waals surface area contributed by atoms with Crippen LogP contribution in [0.15, 0.2) is 42.5 Å². The number of aromatic nitrogens is 1. The van der Waals surface area contributed by atoms with Crippen molar-refractivity contribution in [3.05, 3.63) is 63.9 Å². The molecule has 4 nitrogen and oxygen atoms in total. The van der Waals surface area contributed by atoms with Crippen LogP contribution in [-0.4, -0.2) is 36.4 Å². The Morgan fingerprint density at radius 2 is 2.04 bits per heavy atom. The van der Waals surface area contributed by atoms with E-state index in [4.69, 9.17) is 11.6 Å². The molecule has 7 heteroatoms. The van der Waals surface area contributed by atoms with Crippen molar-refractivity contribution in [2.24, 2.45) is 0 Å². The number of hydrogen-bond donors (Lipinski definition) is 1. The number of hydrogen-bond acceptors (Lipinski definition) is 4. The second kappa shape index (κ2) is 8.78. The summed E-state index contributed by atoms with van der Waals surface area (Å²) in [5.41, 5.74) is 1.36. The van der Waals surface area contributed by atoms with Gasteiger partial charge in [-0.05, 0) is 38.4 Å². The molecule has 0 aliphatic carbocycles. The number of thiazole rings is 1. The van der Waals surface area contributed by atoms with E-state index in [1.165, 1.54) is 6.07 Å². The van der Waals surface area contributed by atoms with Crippen LogP contribution >= 0.6 is 22.9 Å². The molecule has 1 heterocycles. The van der Waals surface area contributed by atoms with Crippen LogP contribution in [-0.2, 0) is 11.2 Å². The minimum atomic E-state index is -0.370. The molecule has 0 fully saturated rings. The monoisotopic (exact) mass is 405 g/mol. The lowest BCUT2D eigenvalue weighted by Gasteiger charge is -2.26. The number of carbonyl (C=O) groups is 1. The van der Waals surface area contributed by atoms with Crippen LogP contribution < -0.4 is 5.32 Å². The molecule has 3 rings (SSSR count). The van der Waals surface area contributed by atoms with Gasteiger partial charge in [0.1, 0.15) is 5.82 Å². The molecule has 0 bridgehead atoms. The summed E-state index contributed by atoms with van der Waals surface area (Å²) >= 11 is 7.78. The molecule has 0 saturated carbocycles.